The molecule has 0 saturated carbocycles. The molecule has 1 aromatic heterocycles. The minimum absolute atomic E-state index is 0.0544. The number of aromatic nitrogens is 1. The van der Waals surface area contributed by atoms with Crippen molar-refractivity contribution >= 4 is 6.08 Å². The van der Waals surface area contributed by atoms with E-state index >= 15 is 4.39 Å². The predicted molar refractivity (Wildman–Crippen MR) is 138 cm³/mol. The van der Waals surface area contributed by atoms with Crippen LogP contribution in [0.3, 0.4) is 0 Å². The Morgan fingerprint density at radius 1 is 0.972 bits per heavy atom. The van der Waals surface area contributed by atoms with Gasteiger partial charge in [-0.05, 0) is 41.8 Å². The Kier molecular flexibility index (Phi) is 8.10. The normalized spacial score (nSPS) is 11.7. The maximum absolute atomic E-state index is 15.5. The molecule has 0 amide bonds. The molecule has 0 aliphatic heterocycles. The Morgan fingerprint density at radius 3 is 2.33 bits per heavy atom. The van der Waals surface area contributed by atoms with Gasteiger partial charge in [-0.25, -0.2) is 9.37 Å². The number of nitrogens with zero attached hydrogens (tertiary/aromatic N) is 1. The average molecular weight is 486 g/mol. The molecule has 0 saturated heterocycles. The molecule has 0 aliphatic carbocycles. The van der Waals surface area contributed by atoms with E-state index in [9.17, 15) is 5.11 Å². The van der Waals surface area contributed by atoms with Crippen molar-refractivity contribution in [2.24, 2.45) is 0 Å². The highest BCUT2D eigenvalue weighted by atomic mass is 19.1. The molecule has 184 valence electrons. The second-order valence-electron chi connectivity index (χ2n) is 8.21. The van der Waals surface area contributed by atoms with Crippen LogP contribution in [-0.2, 0) is 11.3 Å². The van der Waals surface area contributed by atoms with Crippen LogP contribution in [0, 0.1) is 12.7 Å². The first kappa shape index (κ1) is 25.1. The Morgan fingerprint density at radius 2 is 1.67 bits per heavy atom. The third-order valence-corrected chi connectivity index (χ3v) is 5.77. The first-order chi connectivity index (χ1) is 17.5. The largest absolute Gasteiger partial charge is 0.486 e. The molecule has 3 aromatic carbocycles. The van der Waals surface area contributed by atoms with Crippen molar-refractivity contribution in [3.8, 4) is 22.8 Å². The van der Waals surface area contributed by atoms with E-state index in [1.807, 2.05) is 60.7 Å². The van der Waals surface area contributed by atoms with E-state index in [1.54, 1.807) is 25.1 Å². The zero-order valence-corrected chi connectivity index (χ0v) is 20.3. The van der Waals surface area contributed by atoms with Gasteiger partial charge in [0.1, 0.15) is 24.2 Å². The van der Waals surface area contributed by atoms with Crippen molar-refractivity contribution < 1.29 is 23.7 Å². The van der Waals surface area contributed by atoms with Gasteiger partial charge >= 0.3 is 0 Å². The summed E-state index contributed by atoms with van der Waals surface area (Å²) in [7, 11) is 1.54. The molecule has 1 N–H and O–H groups in total. The Bertz CT molecular complexity index is 1330. The lowest BCUT2D eigenvalue weighted by Gasteiger charge is -2.20. The van der Waals surface area contributed by atoms with Crippen LogP contribution in [-0.4, -0.2) is 24.0 Å². The van der Waals surface area contributed by atoms with Crippen LogP contribution in [0.25, 0.3) is 17.3 Å². The highest BCUT2D eigenvalue weighted by Crippen LogP contribution is 2.37. The summed E-state index contributed by atoms with van der Waals surface area (Å²) in [6, 6.07) is 24.0. The van der Waals surface area contributed by atoms with E-state index in [2.05, 4.69) is 6.58 Å². The molecule has 1 heterocycles. The zero-order valence-electron chi connectivity index (χ0n) is 20.3. The van der Waals surface area contributed by atoms with E-state index < -0.39 is 11.9 Å². The Labute approximate surface area is 210 Å². The number of ether oxygens (including phenoxy) is 3. The van der Waals surface area contributed by atoms with Gasteiger partial charge in [-0.3, -0.25) is 0 Å². The number of hydrogen-bond acceptors (Lipinski definition) is 5. The second kappa shape index (κ2) is 11.6. The smallest absolute Gasteiger partial charge is 0.188 e. The lowest BCUT2D eigenvalue weighted by molar-refractivity contribution is 0.0512. The monoisotopic (exact) mass is 485 g/mol. The topological polar surface area (TPSA) is 60.8 Å². The van der Waals surface area contributed by atoms with Crippen LogP contribution in [0.4, 0.5) is 4.39 Å². The first-order valence-electron chi connectivity index (χ1n) is 11.5. The van der Waals surface area contributed by atoms with Gasteiger partial charge in [-0.2, -0.15) is 0 Å². The van der Waals surface area contributed by atoms with Crippen LogP contribution in [0.1, 0.15) is 34.1 Å². The fraction of sp³-hybridized carbons (Fsp3) is 0.167. The Balaban J connectivity index is 1.71. The van der Waals surface area contributed by atoms with Crippen molar-refractivity contribution in [3.05, 3.63) is 119 Å². The van der Waals surface area contributed by atoms with Crippen LogP contribution >= 0.6 is 0 Å². The van der Waals surface area contributed by atoms with Crippen molar-refractivity contribution in [2.75, 3.05) is 13.9 Å². The molecule has 0 fully saturated rings. The molecule has 5 nitrogen and oxygen atoms in total. The van der Waals surface area contributed by atoms with Gasteiger partial charge in [-0.15, -0.1) is 0 Å². The lowest BCUT2D eigenvalue weighted by atomic mass is 9.93. The number of aryl methyl sites for hydroxylation is 1. The number of benzene rings is 3. The van der Waals surface area contributed by atoms with Gasteiger partial charge < -0.3 is 19.3 Å². The molecular weight excluding hydrogens is 457 g/mol. The van der Waals surface area contributed by atoms with Crippen molar-refractivity contribution in [1.29, 1.82) is 0 Å². The summed E-state index contributed by atoms with van der Waals surface area (Å²) < 4.78 is 32.0. The first-order valence-corrected chi connectivity index (χ1v) is 11.5. The molecule has 0 bridgehead atoms. The fourth-order valence-corrected chi connectivity index (χ4v) is 4.01. The van der Waals surface area contributed by atoms with E-state index in [1.165, 1.54) is 13.2 Å². The summed E-state index contributed by atoms with van der Waals surface area (Å²) >= 11 is 0. The number of pyridine rings is 1. The summed E-state index contributed by atoms with van der Waals surface area (Å²) in [4.78, 5) is 4.70. The van der Waals surface area contributed by atoms with Crippen molar-refractivity contribution in [3.63, 3.8) is 0 Å². The third-order valence-electron chi connectivity index (χ3n) is 5.77. The fourth-order valence-electron chi connectivity index (χ4n) is 4.01. The van der Waals surface area contributed by atoms with Crippen LogP contribution < -0.4 is 9.47 Å². The minimum atomic E-state index is -1.20. The average Bonchev–Trinajstić information content (AvgIpc) is 2.92. The SMILES string of the molecule is C=Cc1c(F)c(OCc2ccccc2)cc(C)c1C(O)c1ccc(OCOC)c(-c2ccccc2)n1. The van der Waals surface area contributed by atoms with E-state index in [4.69, 9.17) is 19.2 Å². The number of rotatable bonds is 10. The molecule has 4 rings (SSSR count). The van der Waals surface area contributed by atoms with Gasteiger partial charge in [0.05, 0.1) is 5.69 Å². The number of aliphatic hydroxyl groups is 1. The van der Waals surface area contributed by atoms with Gasteiger partial charge in [0.25, 0.3) is 0 Å². The molecule has 1 unspecified atom stereocenters. The summed E-state index contributed by atoms with van der Waals surface area (Å²) in [5, 5.41) is 11.4. The predicted octanol–water partition coefficient (Wildman–Crippen LogP) is 6.48. The second-order valence-corrected chi connectivity index (χ2v) is 8.21. The molecule has 4 aromatic rings. The standard InChI is InChI=1S/C30H28FNO4/c1-4-23-27(20(2)17-26(28(23)31)35-18-21-11-7-5-8-12-21)30(33)24-15-16-25(36-19-34-3)29(32-24)22-13-9-6-10-14-22/h4-17,30,33H,1,18-19H2,2-3H3. The number of aliphatic hydroxyl groups excluding tert-OH is 1. The third kappa shape index (κ3) is 5.46. The van der Waals surface area contributed by atoms with E-state index in [-0.39, 0.29) is 24.7 Å². The van der Waals surface area contributed by atoms with Gasteiger partial charge in [-0.1, -0.05) is 73.3 Å². The Hall–Kier alpha value is -4.00. The molecule has 36 heavy (non-hydrogen) atoms. The van der Waals surface area contributed by atoms with Gasteiger partial charge in [0.2, 0.25) is 0 Å². The summed E-state index contributed by atoms with van der Waals surface area (Å²) in [6.45, 7) is 5.86. The van der Waals surface area contributed by atoms with Gasteiger partial charge in [0, 0.05) is 18.2 Å². The van der Waals surface area contributed by atoms with E-state index in [0.717, 1.165) is 11.1 Å². The maximum Gasteiger partial charge on any atom is 0.188 e. The lowest BCUT2D eigenvalue weighted by Crippen LogP contribution is -2.11. The van der Waals surface area contributed by atoms with Crippen molar-refractivity contribution in [1.82, 2.24) is 4.98 Å². The molecule has 1 atom stereocenters. The number of halogens is 1. The maximum atomic E-state index is 15.5. The number of hydrogen-bond donors (Lipinski definition) is 1. The van der Waals surface area contributed by atoms with Crippen LogP contribution in [0.15, 0.2) is 85.4 Å². The quantitative estimate of drug-likeness (QED) is 0.261. The zero-order chi connectivity index (χ0) is 25.5. The van der Waals surface area contributed by atoms with E-state index in [0.29, 0.717) is 28.3 Å². The summed E-state index contributed by atoms with van der Waals surface area (Å²) in [5.41, 5.74) is 3.85. The van der Waals surface area contributed by atoms with Gasteiger partial charge in [0.15, 0.2) is 18.4 Å². The highest BCUT2D eigenvalue weighted by Gasteiger charge is 2.24. The van der Waals surface area contributed by atoms with Crippen molar-refractivity contribution in [2.45, 2.75) is 19.6 Å². The molecule has 0 spiro atoms. The molecular formula is C30H28FNO4. The molecule has 0 aliphatic rings. The van der Waals surface area contributed by atoms with Crippen LogP contribution in [0.2, 0.25) is 0 Å². The number of methoxy groups -OCH3 is 1. The van der Waals surface area contributed by atoms with Crippen LogP contribution in [0.5, 0.6) is 11.5 Å². The summed E-state index contributed by atoms with van der Waals surface area (Å²) in [6.07, 6.45) is 0.194. The molecule has 0 radical (unpaired) electrons. The summed E-state index contributed by atoms with van der Waals surface area (Å²) in [5.74, 6) is 0.0304. The molecule has 6 heteroatoms. The highest BCUT2D eigenvalue weighted by molar-refractivity contribution is 5.67. The minimum Gasteiger partial charge on any atom is -0.486 e.